The molecule has 1 amide bonds. The Bertz CT molecular complexity index is 574. The third-order valence-electron chi connectivity index (χ3n) is 4.62. The van der Waals surface area contributed by atoms with Crippen molar-refractivity contribution < 1.29 is 4.79 Å². The maximum Gasteiger partial charge on any atom is 0.253 e. The number of benzene rings is 1. The van der Waals surface area contributed by atoms with E-state index in [9.17, 15) is 4.79 Å². The third kappa shape index (κ3) is 6.70. The summed E-state index contributed by atoms with van der Waals surface area (Å²) in [5.74, 6) is 1.68. The van der Waals surface area contributed by atoms with Gasteiger partial charge in [-0.3, -0.25) is 4.79 Å². The van der Waals surface area contributed by atoms with Gasteiger partial charge in [-0.2, -0.15) is 0 Å². The predicted molar refractivity (Wildman–Crippen MR) is 108 cm³/mol. The van der Waals surface area contributed by atoms with Crippen LogP contribution in [0.5, 0.6) is 0 Å². The summed E-state index contributed by atoms with van der Waals surface area (Å²) in [6, 6.07) is 7.89. The molecule has 0 bridgehead atoms. The van der Waals surface area contributed by atoms with E-state index in [1.165, 1.54) is 6.42 Å². The molecule has 5 nitrogen and oxygen atoms in total. The van der Waals surface area contributed by atoms with Crippen LogP contribution in [0.3, 0.4) is 0 Å². The highest BCUT2D eigenvalue weighted by Gasteiger charge is 2.17. The topological polar surface area (TPSA) is 56.7 Å². The van der Waals surface area contributed by atoms with Crippen molar-refractivity contribution in [2.75, 3.05) is 26.2 Å². The molecule has 2 rings (SSSR count). The molecule has 0 radical (unpaired) electrons. The molecule has 0 aromatic heterocycles. The van der Waals surface area contributed by atoms with Gasteiger partial charge in [0.25, 0.3) is 5.91 Å². The average molecular weight is 359 g/mol. The van der Waals surface area contributed by atoms with Crippen LogP contribution in [0.2, 0.25) is 0 Å². The molecular weight excluding hydrogens is 324 g/mol. The highest BCUT2D eigenvalue weighted by molar-refractivity contribution is 5.94. The second-order valence-electron chi connectivity index (χ2n) is 7.35. The van der Waals surface area contributed by atoms with E-state index in [1.54, 1.807) is 0 Å². The zero-order chi connectivity index (χ0) is 18.8. The van der Waals surface area contributed by atoms with E-state index in [0.29, 0.717) is 12.5 Å². The molecule has 1 fully saturated rings. The molecule has 2 N–H and O–H groups in total. The summed E-state index contributed by atoms with van der Waals surface area (Å²) in [5, 5.41) is 6.65. The fourth-order valence-electron chi connectivity index (χ4n) is 3.02. The molecular formula is C21H34N4O. The Morgan fingerprint density at radius 3 is 2.42 bits per heavy atom. The third-order valence-corrected chi connectivity index (χ3v) is 4.62. The first-order chi connectivity index (χ1) is 12.6. The first-order valence-electron chi connectivity index (χ1n) is 10.0. The van der Waals surface area contributed by atoms with Gasteiger partial charge in [0.15, 0.2) is 5.96 Å². The van der Waals surface area contributed by atoms with Crippen molar-refractivity contribution in [3.8, 4) is 0 Å². The van der Waals surface area contributed by atoms with E-state index >= 15 is 0 Å². The van der Waals surface area contributed by atoms with E-state index in [1.807, 2.05) is 29.2 Å². The van der Waals surface area contributed by atoms with E-state index < -0.39 is 0 Å². The number of hydrogen-bond donors (Lipinski definition) is 2. The van der Waals surface area contributed by atoms with Gasteiger partial charge < -0.3 is 15.5 Å². The van der Waals surface area contributed by atoms with Crippen molar-refractivity contribution in [3.05, 3.63) is 35.4 Å². The number of amides is 1. The number of piperidine rings is 1. The lowest BCUT2D eigenvalue weighted by atomic mass is 10.1. The Kier molecular flexibility index (Phi) is 8.45. The van der Waals surface area contributed by atoms with Crippen molar-refractivity contribution in [1.29, 1.82) is 0 Å². The molecule has 0 atom stereocenters. The summed E-state index contributed by atoms with van der Waals surface area (Å²) in [6.45, 7) is 10.7. The monoisotopic (exact) mass is 358 g/mol. The van der Waals surface area contributed by atoms with Gasteiger partial charge in [-0.25, -0.2) is 4.99 Å². The van der Waals surface area contributed by atoms with Gasteiger partial charge in [-0.15, -0.1) is 0 Å². The predicted octanol–water partition coefficient (Wildman–Crippen LogP) is 3.41. The second-order valence-corrected chi connectivity index (χ2v) is 7.35. The lowest BCUT2D eigenvalue weighted by Crippen LogP contribution is -2.38. The molecule has 5 heteroatoms. The minimum Gasteiger partial charge on any atom is -0.357 e. The first kappa shape index (κ1) is 20.3. The number of hydrogen-bond acceptors (Lipinski definition) is 2. The fourth-order valence-corrected chi connectivity index (χ4v) is 3.02. The Labute approximate surface area is 158 Å². The zero-order valence-corrected chi connectivity index (χ0v) is 16.6. The summed E-state index contributed by atoms with van der Waals surface area (Å²) in [6.07, 6.45) is 4.60. The number of likely N-dealkylation sites (tertiary alicyclic amines) is 1. The smallest absolute Gasteiger partial charge is 0.253 e. The van der Waals surface area contributed by atoms with Crippen molar-refractivity contribution in [3.63, 3.8) is 0 Å². The highest BCUT2D eigenvalue weighted by Crippen LogP contribution is 2.14. The Morgan fingerprint density at radius 2 is 1.81 bits per heavy atom. The molecule has 1 saturated heterocycles. The van der Waals surface area contributed by atoms with Gasteiger partial charge in [-0.05, 0) is 56.2 Å². The minimum atomic E-state index is 0.156. The molecule has 26 heavy (non-hydrogen) atoms. The normalized spacial score (nSPS) is 15.2. The minimum absolute atomic E-state index is 0.156. The summed E-state index contributed by atoms with van der Waals surface area (Å²) in [5.41, 5.74) is 1.89. The van der Waals surface area contributed by atoms with E-state index in [0.717, 1.165) is 62.5 Å². The molecule has 1 aliphatic heterocycles. The number of nitrogens with one attached hydrogen (secondary N) is 2. The van der Waals surface area contributed by atoms with Gasteiger partial charge in [0, 0.05) is 31.7 Å². The molecule has 1 aromatic carbocycles. The molecule has 144 valence electrons. The van der Waals surface area contributed by atoms with Crippen LogP contribution in [0.4, 0.5) is 0 Å². The van der Waals surface area contributed by atoms with Gasteiger partial charge >= 0.3 is 0 Å². The standard InChI is InChI=1S/C21H34N4O/c1-4-22-21(23-13-12-17(2)3)24-16-18-8-10-19(11-9-18)20(26)25-14-6-5-7-15-25/h8-11,17H,4-7,12-16H2,1-3H3,(H2,22,23,24). The lowest BCUT2D eigenvalue weighted by molar-refractivity contribution is 0.0724. The first-order valence-corrected chi connectivity index (χ1v) is 10.0. The van der Waals surface area contributed by atoms with Crippen molar-refractivity contribution in [2.45, 2.75) is 53.0 Å². The van der Waals surface area contributed by atoms with Crippen LogP contribution in [0.25, 0.3) is 0 Å². The largest absolute Gasteiger partial charge is 0.357 e. The van der Waals surface area contributed by atoms with Crippen LogP contribution < -0.4 is 10.6 Å². The number of guanidine groups is 1. The molecule has 0 saturated carbocycles. The van der Waals surface area contributed by atoms with E-state index in [2.05, 4.69) is 36.4 Å². The van der Waals surface area contributed by atoms with Crippen LogP contribution in [0, 0.1) is 5.92 Å². The van der Waals surface area contributed by atoms with Crippen molar-refractivity contribution in [1.82, 2.24) is 15.5 Å². The van der Waals surface area contributed by atoms with Gasteiger partial charge in [0.1, 0.15) is 0 Å². The SMILES string of the molecule is CCNC(=NCc1ccc(C(=O)N2CCCCC2)cc1)NCCC(C)C. The number of carbonyl (C=O) groups is 1. The fraction of sp³-hybridized carbons (Fsp3) is 0.619. The van der Waals surface area contributed by atoms with Crippen LogP contribution >= 0.6 is 0 Å². The molecule has 0 aliphatic carbocycles. The van der Waals surface area contributed by atoms with Crippen LogP contribution in [0.1, 0.15) is 62.4 Å². The lowest BCUT2D eigenvalue weighted by Gasteiger charge is -2.26. The van der Waals surface area contributed by atoms with E-state index in [4.69, 9.17) is 0 Å². The van der Waals surface area contributed by atoms with E-state index in [-0.39, 0.29) is 5.91 Å². The quantitative estimate of drug-likeness (QED) is 0.580. The van der Waals surface area contributed by atoms with Gasteiger partial charge in [0.05, 0.1) is 6.54 Å². The van der Waals surface area contributed by atoms with Crippen molar-refractivity contribution in [2.24, 2.45) is 10.9 Å². The van der Waals surface area contributed by atoms with Gasteiger partial charge in [0.2, 0.25) is 0 Å². The summed E-state index contributed by atoms with van der Waals surface area (Å²) < 4.78 is 0. The molecule has 0 unspecified atom stereocenters. The number of nitrogens with zero attached hydrogens (tertiary/aromatic N) is 2. The van der Waals surface area contributed by atoms with Crippen LogP contribution in [-0.2, 0) is 6.54 Å². The molecule has 1 heterocycles. The molecule has 1 aliphatic rings. The summed E-state index contributed by atoms with van der Waals surface area (Å²) in [7, 11) is 0. The van der Waals surface area contributed by atoms with Crippen LogP contribution in [0.15, 0.2) is 29.3 Å². The van der Waals surface area contributed by atoms with Crippen molar-refractivity contribution >= 4 is 11.9 Å². The maximum atomic E-state index is 12.5. The summed E-state index contributed by atoms with van der Waals surface area (Å²) in [4.78, 5) is 19.1. The molecule has 0 spiro atoms. The number of rotatable bonds is 7. The second kappa shape index (κ2) is 10.8. The average Bonchev–Trinajstić information content (AvgIpc) is 2.66. The Hall–Kier alpha value is -2.04. The summed E-state index contributed by atoms with van der Waals surface area (Å²) >= 11 is 0. The Morgan fingerprint density at radius 1 is 1.12 bits per heavy atom. The number of aliphatic imine (C=N–C) groups is 1. The van der Waals surface area contributed by atoms with Gasteiger partial charge in [-0.1, -0.05) is 26.0 Å². The Balaban J connectivity index is 1.90. The highest BCUT2D eigenvalue weighted by atomic mass is 16.2. The molecule has 1 aromatic rings. The number of carbonyl (C=O) groups excluding carboxylic acids is 1. The van der Waals surface area contributed by atoms with Crippen LogP contribution in [-0.4, -0.2) is 42.9 Å². The zero-order valence-electron chi connectivity index (χ0n) is 16.6. The maximum absolute atomic E-state index is 12.5.